The highest BCUT2D eigenvalue weighted by Crippen LogP contribution is 1.84. The average molecular weight is 192 g/mol. The van der Waals surface area contributed by atoms with Gasteiger partial charge in [0.25, 0.3) is 0 Å². The van der Waals surface area contributed by atoms with E-state index in [0.29, 0.717) is 6.54 Å². The number of nitrogens with zero attached hydrogens (tertiary/aromatic N) is 2. The largest absolute Gasteiger partial charge is 0.309 e. The first-order chi connectivity index (χ1) is 5.68. The van der Waals surface area contributed by atoms with Crippen LogP contribution in [0.1, 0.15) is 13.3 Å². The summed E-state index contributed by atoms with van der Waals surface area (Å²) in [7, 11) is 4.10. The van der Waals surface area contributed by atoms with Crippen molar-refractivity contribution in [1.29, 1.82) is 5.41 Å². The Morgan fingerprint density at radius 1 is 1.50 bits per heavy atom. The molecule has 0 aromatic rings. The molecule has 4 heteroatoms. The van der Waals surface area contributed by atoms with Crippen LogP contribution in [0.3, 0.4) is 0 Å². The number of hydrogen-bond acceptors (Lipinski definition) is 3. The molecule has 0 aromatic carbocycles. The maximum atomic E-state index is 6.19. The smallest absolute Gasteiger partial charge is 0.0861 e. The third-order valence-electron chi connectivity index (χ3n) is 0.976. The minimum Gasteiger partial charge on any atom is -0.309 e. The quantitative estimate of drug-likeness (QED) is 0.536. The van der Waals surface area contributed by atoms with Crippen molar-refractivity contribution in [1.82, 2.24) is 4.90 Å². The van der Waals surface area contributed by atoms with Gasteiger partial charge in [0, 0.05) is 12.4 Å². The van der Waals surface area contributed by atoms with Crippen molar-refractivity contribution in [2.24, 2.45) is 4.99 Å². The van der Waals surface area contributed by atoms with Crippen LogP contribution in [-0.2, 0) is 0 Å². The molecule has 0 fully saturated rings. The van der Waals surface area contributed by atoms with Crippen LogP contribution in [0, 0.1) is 5.41 Å². The number of nitrogens with one attached hydrogen (secondary N) is 1. The number of hydrogen-bond donors (Lipinski definition) is 1. The minimum absolute atomic E-state index is 0.670. The molecule has 0 unspecified atom stereocenters. The number of aliphatic imine (C=N–C) groups is 1. The lowest BCUT2D eigenvalue weighted by molar-refractivity contribution is 0.409. The Morgan fingerprint density at radius 3 is 2.17 bits per heavy atom. The zero-order chi connectivity index (χ0) is 9.82. The highest BCUT2D eigenvalue weighted by Gasteiger charge is 1.84. The maximum Gasteiger partial charge on any atom is 0.0861 e. The molecule has 0 rings (SSSR count). The fraction of sp³-hybridized carbons (Fsp3) is 0.875. The zero-order valence-corrected chi connectivity index (χ0v) is 8.86. The molecule has 0 heterocycles. The molecule has 0 saturated heterocycles. The molecule has 0 aliphatic rings. The Labute approximate surface area is 79.9 Å². The van der Waals surface area contributed by atoms with E-state index in [1.54, 1.807) is 0 Å². The predicted molar refractivity (Wildman–Crippen MR) is 54.6 cm³/mol. The van der Waals surface area contributed by atoms with Gasteiger partial charge in [0.2, 0.25) is 0 Å². The van der Waals surface area contributed by atoms with Crippen molar-refractivity contribution < 1.29 is 0 Å². The van der Waals surface area contributed by atoms with Crippen LogP contribution in [-0.4, -0.2) is 44.0 Å². The molecule has 0 radical (unpaired) electrons. The first-order valence-electron chi connectivity index (χ1n) is 3.97. The van der Waals surface area contributed by atoms with E-state index in [-0.39, 0.29) is 0 Å². The van der Waals surface area contributed by atoms with Gasteiger partial charge in [0.05, 0.1) is 6.01 Å². The van der Waals surface area contributed by atoms with Crippen molar-refractivity contribution in [2.45, 2.75) is 13.3 Å². The van der Waals surface area contributed by atoms with Crippen molar-refractivity contribution in [2.75, 3.05) is 33.1 Å². The van der Waals surface area contributed by atoms with E-state index in [4.69, 9.17) is 17.0 Å². The second-order valence-electron chi connectivity index (χ2n) is 2.43. The van der Waals surface area contributed by atoms with Crippen LogP contribution in [0.2, 0.25) is 0 Å². The molecule has 3 nitrogen and oxygen atoms in total. The summed E-state index contributed by atoms with van der Waals surface area (Å²) in [6, 6.07) is 1.89. The second kappa shape index (κ2) is 13.2. The molecule has 0 bridgehead atoms. The van der Waals surface area contributed by atoms with Crippen molar-refractivity contribution in [3.05, 3.63) is 0 Å². The lowest BCUT2D eigenvalue weighted by Gasteiger charge is -2.05. The minimum atomic E-state index is 0.670. The maximum absolute atomic E-state index is 6.19. The summed E-state index contributed by atoms with van der Waals surface area (Å²) in [5.41, 5.74) is 0. The molecule has 0 spiro atoms. The lowest BCUT2D eigenvalue weighted by atomic mass is 10.5. The molecule has 0 aromatic heterocycles. The summed E-state index contributed by atoms with van der Waals surface area (Å²) in [6.07, 6.45) is 1.09. The van der Waals surface area contributed by atoms with Crippen LogP contribution in [0.15, 0.2) is 4.99 Å². The van der Waals surface area contributed by atoms with Gasteiger partial charge in [-0.3, -0.25) is 0 Å². The summed E-state index contributed by atoms with van der Waals surface area (Å²) >= 11 is 5.42. The Hall–Kier alpha value is -0.370. The van der Waals surface area contributed by atoms with E-state index in [9.17, 15) is 0 Å². The van der Waals surface area contributed by atoms with Gasteiger partial charge in [-0.25, -0.2) is 10.4 Å². The molecular weight excluding hydrogens is 174 g/mol. The SMILES string of the molecule is CCN=C=N.CN(C)CCCCl. The van der Waals surface area contributed by atoms with Crippen LogP contribution < -0.4 is 0 Å². The monoisotopic (exact) mass is 191 g/mol. The Kier molecular flexibility index (Phi) is 15.6. The van der Waals surface area contributed by atoms with Crippen molar-refractivity contribution >= 4 is 17.6 Å². The number of alkyl halides is 1. The van der Waals surface area contributed by atoms with Gasteiger partial charge in [-0.2, -0.15) is 0 Å². The van der Waals surface area contributed by atoms with Gasteiger partial charge in [-0.15, -0.1) is 11.6 Å². The van der Waals surface area contributed by atoms with Crippen LogP contribution >= 0.6 is 11.6 Å². The van der Waals surface area contributed by atoms with Gasteiger partial charge >= 0.3 is 0 Å². The fourth-order valence-electron chi connectivity index (χ4n) is 0.455. The Balaban J connectivity index is 0. The molecule has 0 atom stereocenters. The van der Waals surface area contributed by atoms with E-state index in [1.165, 1.54) is 0 Å². The summed E-state index contributed by atoms with van der Waals surface area (Å²) in [6.45, 7) is 3.63. The lowest BCUT2D eigenvalue weighted by Crippen LogP contribution is -2.12. The van der Waals surface area contributed by atoms with Crippen molar-refractivity contribution in [3.8, 4) is 0 Å². The third kappa shape index (κ3) is 22.6. The highest BCUT2D eigenvalue weighted by molar-refractivity contribution is 6.17. The van der Waals surface area contributed by atoms with Gasteiger partial charge < -0.3 is 4.90 Å². The molecule has 0 aliphatic heterocycles. The normalized spacial score (nSPS) is 8.42. The van der Waals surface area contributed by atoms with E-state index in [2.05, 4.69) is 9.89 Å². The molecule has 72 valence electrons. The molecule has 12 heavy (non-hydrogen) atoms. The summed E-state index contributed by atoms with van der Waals surface area (Å²) in [4.78, 5) is 5.52. The summed E-state index contributed by atoms with van der Waals surface area (Å²) in [5.74, 6) is 0.776. The van der Waals surface area contributed by atoms with Gasteiger partial charge in [-0.1, -0.05) is 0 Å². The van der Waals surface area contributed by atoms with Crippen LogP contribution in [0.25, 0.3) is 0 Å². The average Bonchev–Trinajstić information content (AvgIpc) is 2.03. The number of rotatable bonds is 4. The molecule has 0 saturated carbocycles. The Bertz CT molecular complexity index is 119. The topological polar surface area (TPSA) is 39.5 Å². The second-order valence-corrected chi connectivity index (χ2v) is 2.81. The van der Waals surface area contributed by atoms with E-state index >= 15 is 0 Å². The molecule has 0 amide bonds. The van der Waals surface area contributed by atoms with Gasteiger partial charge in [0.1, 0.15) is 0 Å². The Morgan fingerprint density at radius 2 is 2.08 bits per heavy atom. The predicted octanol–water partition coefficient (Wildman–Crippen LogP) is 1.94. The highest BCUT2D eigenvalue weighted by atomic mass is 35.5. The van der Waals surface area contributed by atoms with Crippen LogP contribution in [0.4, 0.5) is 0 Å². The molecule has 1 N–H and O–H groups in total. The van der Waals surface area contributed by atoms with Gasteiger partial charge in [0.15, 0.2) is 0 Å². The third-order valence-corrected chi connectivity index (χ3v) is 1.24. The summed E-state index contributed by atoms with van der Waals surface area (Å²) < 4.78 is 0. The van der Waals surface area contributed by atoms with E-state index in [1.807, 2.05) is 27.0 Å². The van der Waals surface area contributed by atoms with E-state index in [0.717, 1.165) is 18.8 Å². The van der Waals surface area contributed by atoms with Gasteiger partial charge in [-0.05, 0) is 34.0 Å². The molecular formula is C8H18ClN3. The molecule has 0 aliphatic carbocycles. The van der Waals surface area contributed by atoms with E-state index < -0.39 is 0 Å². The standard InChI is InChI=1S/C5H12ClN.C3H6N2/c1-7(2)5-3-4-6;1-2-5-3-4/h3-5H2,1-2H3;4H,2H2,1H3. The van der Waals surface area contributed by atoms with Crippen molar-refractivity contribution in [3.63, 3.8) is 0 Å². The summed E-state index contributed by atoms with van der Waals surface area (Å²) in [5, 5.41) is 6.19. The first-order valence-corrected chi connectivity index (χ1v) is 4.51. The number of halogens is 1. The zero-order valence-electron chi connectivity index (χ0n) is 8.10. The first kappa shape index (κ1) is 14.2. The van der Waals surface area contributed by atoms with Crippen LogP contribution in [0.5, 0.6) is 0 Å². The fourth-order valence-corrected chi connectivity index (χ4v) is 0.575.